The predicted octanol–water partition coefficient (Wildman–Crippen LogP) is 3.43. The second-order valence-electron chi connectivity index (χ2n) is 3.86. The third-order valence-electron chi connectivity index (χ3n) is 2.67. The third kappa shape index (κ3) is 2.86. The molecule has 2 heteroatoms. The fourth-order valence-corrected chi connectivity index (χ4v) is 1.70. The summed E-state index contributed by atoms with van der Waals surface area (Å²) in [4.78, 5) is 11.1. The molecule has 0 aromatic heterocycles. The van der Waals surface area contributed by atoms with E-state index in [1.165, 1.54) is 0 Å². The number of hydrogen-bond acceptors (Lipinski definition) is 2. The zero-order valence-corrected chi connectivity index (χ0v) is 10.2. The number of methoxy groups -OCH3 is 1. The SMILES string of the molecule is COc1ccc(/C=C(/C=O)c2ccccc2)cc1. The van der Waals surface area contributed by atoms with Crippen molar-refractivity contribution in [1.29, 1.82) is 0 Å². The van der Waals surface area contributed by atoms with E-state index in [4.69, 9.17) is 4.74 Å². The Bertz CT molecular complexity index is 539. The highest BCUT2D eigenvalue weighted by Gasteiger charge is 1.99. The molecule has 0 unspecified atom stereocenters. The maximum absolute atomic E-state index is 11.1. The fourth-order valence-electron chi connectivity index (χ4n) is 1.70. The van der Waals surface area contributed by atoms with Gasteiger partial charge in [-0.15, -0.1) is 0 Å². The first kappa shape index (κ1) is 12.1. The van der Waals surface area contributed by atoms with E-state index in [2.05, 4.69) is 0 Å². The van der Waals surface area contributed by atoms with Crippen molar-refractivity contribution < 1.29 is 9.53 Å². The molecule has 0 aliphatic carbocycles. The van der Waals surface area contributed by atoms with Gasteiger partial charge in [0.1, 0.15) is 5.75 Å². The summed E-state index contributed by atoms with van der Waals surface area (Å²) in [7, 11) is 1.63. The highest BCUT2D eigenvalue weighted by Crippen LogP contribution is 2.18. The molecule has 0 bridgehead atoms. The lowest BCUT2D eigenvalue weighted by molar-refractivity contribution is -0.103. The summed E-state index contributed by atoms with van der Waals surface area (Å²) in [6.07, 6.45) is 2.74. The molecule has 18 heavy (non-hydrogen) atoms. The molecule has 2 rings (SSSR count). The molecule has 90 valence electrons. The topological polar surface area (TPSA) is 26.3 Å². The van der Waals surface area contributed by atoms with E-state index in [1.807, 2.05) is 60.7 Å². The van der Waals surface area contributed by atoms with E-state index < -0.39 is 0 Å². The molecule has 2 nitrogen and oxygen atoms in total. The molecular formula is C16H14O2. The minimum Gasteiger partial charge on any atom is -0.497 e. The zero-order valence-electron chi connectivity index (χ0n) is 10.2. The fraction of sp³-hybridized carbons (Fsp3) is 0.0625. The summed E-state index contributed by atoms with van der Waals surface area (Å²) >= 11 is 0. The Morgan fingerprint density at radius 2 is 1.67 bits per heavy atom. The van der Waals surface area contributed by atoms with E-state index >= 15 is 0 Å². The second-order valence-corrected chi connectivity index (χ2v) is 3.86. The first-order chi connectivity index (χ1) is 8.83. The molecule has 0 radical (unpaired) electrons. The van der Waals surface area contributed by atoms with Gasteiger partial charge >= 0.3 is 0 Å². The van der Waals surface area contributed by atoms with Crippen LogP contribution in [0.25, 0.3) is 11.6 Å². The number of hydrogen-bond donors (Lipinski definition) is 0. The van der Waals surface area contributed by atoms with Crippen molar-refractivity contribution in [3.05, 3.63) is 65.7 Å². The Kier molecular flexibility index (Phi) is 3.92. The van der Waals surface area contributed by atoms with Crippen LogP contribution >= 0.6 is 0 Å². The van der Waals surface area contributed by atoms with Crippen molar-refractivity contribution in [2.75, 3.05) is 7.11 Å². The van der Waals surface area contributed by atoms with Gasteiger partial charge < -0.3 is 4.74 Å². The third-order valence-corrected chi connectivity index (χ3v) is 2.67. The number of carbonyl (C=O) groups excluding carboxylic acids is 1. The minimum atomic E-state index is 0.667. The highest BCUT2D eigenvalue weighted by atomic mass is 16.5. The highest BCUT2D eigenvalue weighted by molar-refractivity contribution is 6.13. The average Bonchev–Trinajstić information content (AvgIpc) is 2.46. The Morgan fingerprint density at radius 3 is 2.22 bits per heavy atom. The normalized spacial score (nSPS) is 11.1. The van der Waals surface area contributed by atoms with Crippen LogP contribution < -0.4 is 4.74 Å². The van der Waals surface area contributed by atoms with Crippen LogP contribution in [-0.4, -0.2) is 13.4 Å². The van der Waals surface area contributed by atoms with Crippen molar-refractivity contribution in [1.82, 2.24) is 0 Å². The summed E-state index contributed by atoms with van der Waals surface area (Å²) in [6, 6.07) is 17.2. The van der Waals surface area contributed by atoms with Crippen LogP contribution in [0.15, 0.2) is 54.6 Å². The summed E-state index contributed by atoms with van der Waals surface area (Å²) in [5.41, 5.74) is 2.56. The van der Waals surface area contributed by atoms with Gasteiger partial charge in [0.05, 0.1) is 7.11 Å². The van der Waals surface area contributed by atoms with Crippen LogP contribution in [0.5, 0.6) is 5.75 Å². The molecule has 2 aromatic rings. The van der Waals surface area contributed by atoms with E-state index in [-0.39, 0.29) is 0 Å². The molecule has 0 aliphatic rings. The van der Waals surface area contributed by atoms with Gasteiger partial charge in [-0.2, -0.15) is 0 Å². The van der Waals surface area contributed by atoms with Crippen LogP contribution in [0.3, 0.4) is 0 Å². The van der Waals surface area contributed by atoms with Crippen molar-refractivity contribution in [2.45, 2.75) is 0 Å². The maximum Gasteiger partial charge on any atom is 0.150 e. The van der Waals surface area contributed by atoms with Crippen molar-refractivity contribution >= 4 is 17.9 Å². The molecule has 0 saturated carbocycles. The summed E-state index contributed by atoms with van der Waals surface area (Å²) in [5.74, 6) is 0.805. The number of ether oxygens (including phenoxy) is 1. The zero-order chi connectivity index (χ0) is 12.8. The number of aldehydes is 1. The first-order valence-electron chi connectivity index (χ1n) is 5.70. The van der Waals surface area contributed by atoms with Crippen LogP contribution in [-0.2, 0) is 4.79 Å². The summed E-state index contributed by atoms with van der Waals surface area (Å²) in [5, 5.41) is 0. The van der Waals surface area contributed by atoms with Crippen LogP contribution in [0, 0.1) is 0 Å². The lowest BCUT2D eigenvalue weighted by Crippen LogP contribution is -1.86. The average molecular weight is 238 g/mol. The van der Waals surface area contributed by atoms with Gasteiger partial charge in [-0.1, -0.05) is 42.5 Å². The number of rotatable bonds is 4. The first-order valence-corrected chi connectivity index (χ1v) is 5.70. The molecular weight excluding hydrogens is 224 g/mol. The summed E-state index contributed by atoms with van der Waals surface area (Å²) in [6.45, 7) is 0. The van der Waals surface area contributed by atoms with E-state index in [0.29, 0.717) is 5.57 Å². The Balaban J connectivity index is 2.32. The van der Waals surface area contributed by atoms with Crippen LogP contribution in [0.1, 0.15) is 11.1 Å². The molecule has 0 N–H and O–H groups in total. The van der Waals surface area contributed by atoms with E-state index in [1.54, 1.807) is 7.11 Å². The molecule has 0 fully saturated rings. The standard InChI is InChI=1S/C16H14O2/c1-18-16-9-7-13(8-10-16)11-15(12-17)14-5-3-2-4-6-14/h2-12H,1H3/b15-11-. The smallest absolute Gasteiger partial charge is 0.150 e. The molecule has 0 aliphatic heterocycles. The Hall–Kier alpha value is -2.35. The van der Waals surface area contributed by atoms with E-state index in [9.17, 15) is 4.79 Å². The van der Waals surface area contributed by atoms with Gasteiger partial charge in [0.15, 0.2) is 6.29 Å². The van der Waals surface area contributed by atoms with Crippen molar-refractivity contribution in [3.8, 4) is 5.75 Å². The predicted molar refractivity (Wildman–Crippen MR) is 73.4 cm³/mol. The van der Waals surface area contributed by atoms with Crippen molar-refractivity contribution in [3.63, 3.8) is 0 Å². The molecule has 0 spiro atoms. The van der Waals surface area contributed by atoms with Gasteiger partial charge in [-0.25, -0.2) is 0 Å². The van der Waals surface area contributed by atoms with E-state index in [0.717, 1.165) is 23.2 Å². The number of carbonyl (C=O) groups is 1. The quantitative estimate of drug-likeness (QED) is 0.463. The van der Waals surface area contributed by atoms with Gasteiger partial charge in [0.25, 0.3) is 0 Å². The molecule has 2 aromatic carbocycles. The van der Waals surface area contributed by atoms with Crippen LogP contribution in [0.4, 0.5) is 0 Å². The maximum atomic E-state index is 11.1. The molecule has 0 amide bonds. The lowest BCUT2D eigenvalue weighted by Gasteiger charge is -2.02. The monoisotopic (exact) mass is 238 g/mol. The van der Waals surface area contributed by atoms with Gasteiger partial charge in [0, 0.05) is 5.57 Å². The largest absolute Gasteiger partial charge is 0.497 e. The van der Waals surface area contributed by atoms with Crippen LogP contribution in [0.2, 0.25) is 0 Å². The van der Waals surface area contributed by atoms with Gasteiger partial charge in [-0.05, 0) is 29.3 Å². The number of allylic oxidation sites excluding steroid dienone is 1. The van der Waals surface area contributed by atoms with Gasteiger partial charge in [-0.3, -0.25) is 4.79 Å². The molecule has 0 heterocycles. The van der Waals surface area contributed by atoms with Crippen molar-refractivity contribution in [2.24, 2.45) is 0 Å². The second kappa shape index (κ2) is 5.82. The Labute approximate surface area is 107 Å². The minimum absolute atomic E-state index is 0.667. The molecule has 0 saturated heterocycles. The molecule has 0 atom stereocenters. The Morgan fingerprint density at radius 1 is 1.00 bits per heavy atom. The summed E-state index contributed by atoms with van der Waals surface area (Å²) < 4.78 is 5.09. The number of benzene rings is 2. The van der Waals surface area contributed by atoms with Gasteiger partial charge in [0.2, 0.25) is 0 Å². The lowest BCUT2D eigenvalue weighted by atomic mass is 10.0.